The van der Waals surface area contributed by atoms with Gasteiger partial charge in [-0.15, -0.1) is 0 Å². The molecule has 1 aliphatic heterocycles. The first kappa shape index (κ1) is 16.7. The predicted octanol–water partition coefficient (Wildman–Crippen LogP) is 4.32. The van der Waals surface area contributed by atoms with Crippen LogP contribution in [0.3, 0.4) is 0 Å². The lowest BCUT2D eigenvalue weighted by molar-refractivity contribution is 0.309. The van der Waals surface area contributed by atoms with Crippen molar-refractivity contribution in [3.05, 3.63) is 59.2 Å². The summed E-state index contributed by atoms with van der Waals surface area (Å²) in [6.07, 6.45) is 7.76. The zero-order valence-corrected chi connectivity index (χ0v) is 14.4. The van der Waals surface area contributed by atoms with Crippen LogP contribution in [0.2, 0.25) is 0 Å². The molecule has 0 spiro atoms. The third kappa shape index (κ3) is 3.20. The summed E-state index contributed by atoms with van der Waals surface area (Å²) in [5.41, 5.74) is 5.00. The Labute approximate surface area is 142 Å². The van der Waals surface area contributed by atoms with E-state index in [9.17, 15) is 4.39 Å². The maximum absolute atomic E-state index is 13.8. The maximum Gasteiger partial charge on any atom is 0.123 e. The Morgan fingerprint density at radius 1 is 1.42 bits per heavy atom. The first-order chi connectivity index (χ1) is 11.6. The van der Waals surface area contributed by atoms with E-state index in [1.54, 1.807) is 18.3 Å². The van der Waals surface area contributed by atoms with Gasteiger partial charge in [0.05, 0.1) is 0 Å². The zero-order valence-electron chi connectivity index (χ0n) is 14.4. The van der Waals surface area contributed by atoms with Gasteiger partial charge in [-0.25, -0.2) is 4.39 Å². The molecular weight excluding hydrogens is 301 g/mol. The minimum absolute atomic E-state index is 0.162. The topological polar surface area (TPSA) is 20.5 Å². The van der Waals surface area contributed by atoms with E-state index in [0.717, 1.165) is 43.4 Å². The highest BCUT2D eigenvalue weighted by molar-refractivity contribution is 5.86. The molecule has 0 bridgehead atoms. The molecule has 0 amide bonds. The van der Waals surface area contributed by atoms with E-state index in [0.29, 0.717) is 0 Å². The van der Waals surface area contributed by atoms with Crippen LogP contribution < -0.4 is 0 Å². The van der Waals surface area contributed by atoms with Crippen molar-refractivity contribution in [3.8, 4) is 0 Å². The number of likely N-dealkylation sites (N-methyl/N-ethyl adjacent to an activating group) is 1. The van der Waals surface area contributed by atoms with E-state index < -0.39 is 0 Å². The predicted molar refractivity (Wildman–Crippen MR) is 99.0 cm³/mol. The quantitative estimate of drug-likeness (QED) is 0.592. The second kappa shape index (κ2) is 7.14. The fourth-order valence-electron chi connectivity index (χ4n) is 3.53. The summed E-state index contributed by atoms with van der Waals surface area (Å²) in [6, 6.07) is 5.16. The van der Waals surface area contributed by atoms with Crippen LogP contribution in [-0.4, -0.2) is 29.8 Å². The number of allylic oxidation sites excluding steroid dienone is 3. The van der Waals surface area contributed by atoms with Gasteiger partial charge < -0.3 is 9.47 Å². The second-order valence-corrected chi connectivity index (χ2v) is 6.34. The molecule has 24 heavy (non-hydrogen) atoms. The molecule has 1 aromatic heterocycles. The van der Waals surface area contributed by atoms with Gasteiger partial charge in [-0.3, -0.25) is 4.99 Å². The Hall–Kier alpha value is -2.20. The van der Waals surface area contributed by atoms with Gasteiger partial charge >= 0.3 is 0 Å². The molecule has 3 rings (SSSR count). The molecule has 2 aromatic rings. The summed E-state index contributed by atoms with van der Waals surface area (Å²) in [7, 11) is 2.12. The number of aliphatic imine (C=N–C) groups is 1. The van der Waals surface area contributed by atoms with Crippen molar-refractivity contribution in [2.75, 3.05) is 13.6 Å². The van der Waals surface area contributed by atoms with E-state index in [-0.39, 0.29) is 5.82 Å². The number of fused-ring (bicyclic) bond motifs is 3. The standard InChI is InChI=1S/C20H24FN3/c1-4-15(7-10-22-2)8-12-24-19-6-5-16(21)13-17(19)18-14-23(3)11-9-20(18)24/h4-7,10,13H,2,8-9,11-12,14H2,1,3H3/b10-7-,15-4+. The third-order valence-electron chi connectivity index (χ3n) is 4.80. The molecule has 3 nitrogen and oxygen atoms in total. The van der Waals surface area contributed by atoms with E-state index >= 15 is 0 Å². The van der Waals surface area contributed by atoms with Crippen molar-refractivity contribution < 1.29 is 4.39 Å². The second-order valence-electron chi connectivity index (χ2n) is 6.34. The smallest absolute Gasteiger partial charge is 0.123 e. The first-order valence-electron chi connectivity index (χ1n) is 8.39. The van der Waals surface area contributed by atoms with Crippen molar-refractivity contribution in [2.24, 2.45) is 4.99 Å². The van der Waals surface area contributed by atoms with Crippen LogP contribution in [0.15, 0.2) is 47.1 Å². The van der Waals surface area contributed by atoms with E-state index in [2.05, 4.69) is 34.3 Å². The summed E-state index contributed by atoms with van der Waals surface area (Å²) >= 11 is 0. The zero-order chi connectivity index (χ0) is 17.1. The minimum atomic E-state index is -0.162. The SMILES string of the molecule is C=N/C=C\C(=C/C)CCn1c2c(c3cc(F)ccc31)CN(C)CC2. The first-order valence-corrected chi connectivity index (χ1v) is 8.39. The summed E-state index contributed by atoms with van der Waals surface area (Å²) in [5, 5.41) is 1.06. The van der Waals surface area contributed by atoms with E-state index in [4.69, 9.17) is 0 Å². The number of hydrogen-bond acceptors (Lipinski definition) is 2. The Kier molecular flexibility index (Phi) is 4.95. The molecule has 1 aliphatic rings. The lowest BCUT2D eigenvalue weighted by atomic mass is 10.0. The van der Waals surface area contributed by atoms with Crippen LogP contribution >= 0.6 is 0 Å². The Morgan fingerprint density at radius 3 is 3.00 bits per heavy atom. The molecule has 0 saturated carbocycles. The molecule has 0 fully saturated rings. The number of aryl methyl sites for hydroxylation is 1. The maximum atomic E-state index is 13.8. The lowest BCUT2D eigenvalue weighted by Gasteiger charge is -2.24. The Morgan fingerprint density at radius 2 is 2.25 bits per heavy atom. The summed E-state index contributed by atoms with van der Waals surface area (Å²) in [5.74, 6) is -0.162. The van der Waals surface area contributed by atoms with E-state index in [1.165, 1.54) is 16.8 Å². The molecule has 0 radical (unpaired) electrons. The van der Waals surface area contributed by atoms with Crippen molar-refractivity contribution in [1.29, 1.82) is 0 Å². The van der Waals surface area contributed by atoms with Crippen LogP contribution in [0, 0.1) is 5.82 Å². The number of halogens is 1. The Bertz CT molecular complexity index is 814. The average Bonchev–Trinajstić information content (AvgIpc) is 2.87. The van der Waals surface area contributed by atoms with Gasteiger partial charge in [0.1, 0.15) is 5.82 Å². The van der Waals surface area contributed by atoms with Gasteiger partial charge in [0.15, 0.2) is 0 Å². The summed E-state index contributed by atoms with van der Waals surface area (Å²) in [4.78, 5) is 6.08. The molecule has 1 aromatic carbocycles. The van der Waals surface area contributed by atoms with Crippen molar-refractivity contribution in [3.63, 3.8) is 0 Å². The Balaban J connectivity index is 1.98. The molecule has 0 saturated heterocycles. The lowest BCUT2D eigenvalue weighted by Crippen LogP contribution is -2.27. The van der Waals surface area contributed by atoms with Crippen LogP contribution in [0.4, 0.5) is 4.39 Å². The number of benzene rings is 1. The van der Waals surface area contributed by atoms with Crippen LogP contribution in [0.1, 0.15) is 24.6 Å². The summed E-state index contributed by atoms with van der Waals surface area (Å²) < 4.78 is 16.1. The molecule has 2 heterocycles. The highest BCUT2D eigenvalue weighted by Crippen LogP contribution is 2.31. The molecule has 0 atom stereocenters. The highest BCUT2D eigenvalue weighted by Gasteiger charge is 2.22. The van der Waals surface area contributed by atoms with Gasteiger partial charge in [-0.2, -0.15) is 0 Å². The number of nitrogens with zero attached hydrogens (tertiary/aromatic N) is 3. The van der Waals surface area contributed by atoms with Gasteiger partial charge in [-0.1, -0.05) is 6.08 Å². The largest absolute Gasteiger partial charge is 0.344 e. The minimum Gasteiger partial charge on any atom is -0.344 e. The molecular formula is C20H24FN3. The number of aromatic nitrogens is 1. The van der Waals surface area contributed by atoms with Crippen molar-refractivity contribution in [1.82, 2.24) is 9.47 Å². The molecule has 126 valence electrons. The monoisotopic (exact) mass is 325 g/mol. The summed E-state index contributed by atoms with van der Waals surface area (Å²) in [6.45, 7) is 8.34. The van der Waals surface area contributed by atoms with Crippen molar-refractivity contribution >= 4 is 17.6 Å². The van der Waals surface area contributed by atoms with Gasteiger partial charge in [0.25, 0.3) is 0 Å². The molecule has 0 unspecified atom stereocenters. The average molecular weight is 325 g/mol. The van der Waals surface area contributed by atoms with Crippen LogP contribution in [-0.2, 0) is 19.5 Å². The number of hydrogen-bond donors (Lipinski definition) is 0. The van der Waals surface area contributed by atoms with Gasteiger partial charge in [-0.05, 0) is 62.5 Å². The van der Waals surface area contributed by atoms with Gasteiger partial charge in [0.2, 0.25) is 0 Å². The fraction of sp³-hybridized carbons (Fsp3) is 0.350. The van der Waals surface area contributed by atoms with Gasteiger partial charge in [0, 0.05) is 48.9 Å². The molecule has 0 aliphatic carbocycles. The highest BCUT2D eigenvalue weighted by atomic mass is 19.1. The molecule has 0 N–H and O–H groups in total. The fourth-order valence-corrected chi connectivity index (χ4v) is 3.53. The number of rotatable bonds is 5. The van der Waals surface area contributed by atoms with Crippen LogP contribution in [0.25, 0.3) is 10.9 Å². The van der Waals surface area contributed by atoms with E-state index in [1.807, 2.05) is 19.1 Å². The molecule has 4 heteroatoms. The normalized spacial score (nSPS) is 16.0. The van der Waals surface area contributed by atoms with Crippen LogP contribution in [0.5, 0.6) is 0 Å². The van der Waals surface area contributed by atoms with Crippen molar-refractivity contribution in [2.45, 2.75) is 32.9 Å². The third-order valence-corrected chi connectivity index (χ3v) is 4.80.